The summed E-state index contributed by atoms with van der Waals surface area (Å²) in [4.78, 5) is 29.5. The molecule has 2 saturated heterocycles. The number of nitrogens with zero attached hydrogens (tertiary/aromatic N) is 4. The van der Waals surface area contributed by atoms with Crippen LogP contribution in [0.5, 0.6) is 0 Å². The van der Waals surface area contributed by atoms with Crippen molar-refractivity contribution < 1.29 is 31.9 Å². The second-order valence-corrected chi connectivity index (χ2v) is 10.1. The van der Waals surface area contributed by atoms with Crippen molar-refractivity contribution in [3.63, 3.8) is 0 Å². The lowest BCUT2D eigenvalue weighted by atomic mass is 10.0. The van der Waals surface area contributed by atoms with Crippen molar-refractivity contribution in [3.05, 3.63) is 58.9 Å². The van der Waals surface area contributed by atoms with E-state index in [4.69, 9.17) is 17.0 Å². The number of aryl methyl sites for hydroxylation is 1. The van der Waals surface area contributed by atoms with E-state index < -0.39 is 40.3 Å². The fourth-order valence-corrected chi connectivity index (χ4v) is 5.35. The van der Waals surface area contributed by atoms with E-state index in [9.17, 15) is 28.0 Å². The molecule has 0 aromatic heterocycles. The fraction of sp³-hybridized carbons (Fsp3) is 0.407. The van der Waals surface area contributed by atoms with Crippen LogP contribution in [0.25, 0.3) is 0 Å². The van der Waals surface area contributed by atoms with Gasteiger partial charge in [0.15, 0.2) is 5.11 Å². The first kappa shape index (κ1) is 28.4. The van der Waals surface area contributed by atoms with Gasteiger partial charge in [0.1, 0.15) is 11.4 Å². The first-order chi connectivity index (χ1) is 18.4. The molecule has 0 radical (unpaired) electrons. The van der Waals surface area contributed by atoms with E-state index in [1.165, 1.54) is 43.0 Å². The number of morpholine rings is 1. The number of rotatable bonds is 6. The standard InChI is InChI=1S/C27H26F4N4O3S/c1-26(2)24(37)34(21-7-3-6-18(16-32)23(21)27(29,30)31)25(39)35(26)19-10-9-17(20(28)15-19)5-4-8-22(36)33-11-13-38-14-12-33/h3,6-7,9-10,15H,4-5,8,11-14H2,1-2H3. The van der Waals surface area contributed by atoms with Gasteiger partial charge in [-0.05, 0) is 68.7 Å². The Kier molecular flexibility index (Phi) is 7.95. The summed E-state index contributed by atoms with van der Waals surface area (Å²) in [6, 6.07) is 9.11. The average Bonchev–Trinajstić information content (AvgIpc) is 3.07. The third kappa shape index (κ3) is 5.46. The summed E-state index contributed by atoms with van der Waals surface area (Å²) >= 11 is 5.46. The Morgan fingerprint density at radius 3 is 2.49 bits per heavy atom. The topological polar surface area (TPSA) is 76.9 Å². The van der Waals surface area contributed by atoms with Gasteiger partial charge >= 0.3 is 6.18 Å². The molecule has 0 bridgehead atoms. The van der Waals surface area contributed by atoms with Crippen LogP contribution in [0.4, 0.5) is 28.9 Å². The lowest BCUT2D eigenvalue weighted by molar-refractivity contribution is -0.137. The predicted molar refractivity (Wildman–Crippen MR) is 140 cm³/mol. The minimum absolute atomic E-state index is 0.0169. The van der Waals surface area contributed by atoms with Gasteiger partial charge in [-0.2, -0.15) is 18.4 Å². The normalized spacial score (nSPS) is 17.5. The highest BCUT2D eigenvalue weighted by Crippen LogP contribution is 2.43. The second kappa shape index (κ2) is 10.9. The van der Waals surface area contributed by atoms with Crippen molar-refractivity contribution in [1.29, 1.82) is 5.26 Å². The SMILES string of the molecule is CC1(C)C(=O)N(c2cccc(C#N)c2C(F)(F)F)C(=S)N1c1ccc(CCCC(=O)N2CCOCC2)c(F)c1. The largest absolute Gasteiger partial charge is 0.419 e. The maximum absolute atomic E-state index is 15.1. The van der Waals surface area contributed by atoms with Gasteiger partial charge in [0.25, 0.3) is 5.91 Å². The van der Waals surface area contributed by atoms with Crippen LogP contribution in [0, 0.1) is 17.1 Å². The minimum atomic E-state index is -4.92. The maximum atomic E-state index is 15.1. The number of benzene rings is 2. The number of hydrogen-bond acceptors (Lipinski definition) is 5. The lowest BCUT2D eigenvalue weighted by Gasteiger charge is -2.29. The van der Waals surface area contributed by atoms with Gasteiger partial charge in [0.2, 0.25) is 5.91 Å². The molecule has 12 heteroatoms. The lowest BCUT2D eigenvalue weighted by Crippen LogP contribution is -2.44. The summed E-state index contributed by atoms with van der Waals surface area (Å²) in [5.74, 6) is -1.35. The summed E-state index contributed by atoms with van der Waals surface area (Å²) in [6.07, 6.45) is -3.93. The highest BCUT2D eigenvalue weighted by Gasteiger charge is 2.52. The molecule has 2 aromatic carbocycles. The Balaban J connectivity index is 1.57. The van der Waals surface area contributed by atoms with Gasteiger partial charge in [-0.1, -0.05) is 12.1 Å². The van der Waals surface area contributed by atoms with Crippen molar-refractivity contribution in [2.75, 3.05) is 36.1 Å². The van der Waals surface area contributed by atoms with Gasteiger partial charge in [-0.3, -0.25) is 14.5 Å². The van der Waals surface area contributed by atoms with Gasteiger partial charge in [0.05, 0.1) is 36.1 Å². The molecule has 0 unspecified atom stereocenters. The molecular formula is C27H26F4N4O3S. The Morgan fingerprint density at radius 1 is 1.18 bits per heavy atom. The van der Waals surface area contributed by atoms with E-state index in [1.807, 2.05) is 0 Å². The first-order valence-electron chi connectivity index (χ1n) is 12.3. The van der Waals surface area contributed by atoms with E-state index in [0.29, 0.717) is 44.7 Å². The van der Waals surface area contributed by atoms with Crippen molar-refractivity contribution in [2.24, 2.45) is 0 Å². The van der Waals surface area contributed by atoms with Crippen molar-refractivity contribution in [2.45, 2.75) is 44.8 Å². The van der Waals surface area contributed by atoms with Gasteiger partial charge in [0, 0.05) is 25.2 Å². The summed E-state index contributed by atoms with van der Waals surface area (Å²) < 4.78 is 62.2. The van der Waals surface area contributed by atoms with E-state index in [-0.39, 0.29) is 23.1 Å². The van der Waals surface area contributed by atoms with E-state index in [1.54, 1.807) is 11.0 Å². The molecule has 39 heavy (non-hydrogen) atoms. The zero-order valence-corrected chi connectivity index (χ0v) is 22.2. The van der Waals surface area contributed by atoms with Crippen LogP contribution < -0.4 is 9.80 Å². The van der Waals surface area contributed by atoms with Gasteiger partial charge < -0.3 is 14.5 Å². The molecule has 0 saturated carbocycles. The van der Waals surface area contributed by atoms with Crippen LogP contribution in [0.2, 0.25) is 0 Å². The third-order valence-electron chi connectivity index (χ3n) is 6.85. The number of carbonyl (C=O) groups is 2. The smallest absolute Gasteiger partial charge is 0.378 e. The fourth-order valence-electron chi connectivity index (χ4n) is 4.84. The third-order valence-corrected chi connectivity index (χ3v) is 7.22. The molecule has 2 fully saturated rings. The van der Waals surface area contributed by atoms with E-state index in [0.717, 1.165) is 17.0 Å². The summed E-state index contributed by atoms with van der Waals surface area (Å²) in [5.41, 5.74) is -3.36. The van der Waals surface area contributed by atoms with Crippen molar-refractivity contribution >= 4 is 40.5 Å². The minimum Gasteiger partial charge on any atom is -0.378 e. The molecule has 206 valence electrons. The number of alkyl halides is 3. The maximum Gasteiger partial charge on any atom is 0.419 e. The van der Waals surface area contributed by atoms with E-state index in [2.05, 4.69) is 0 Å². The number of nitriles is 1. The van der Waals surface area contributed by atoms with Crippen LogP contribution in [0.1, 0.15) is 43.4 Å². The number of halogens is 4. The highest BCUT2D eigenvalue weighted by molar-refractivity contribution is 7.81. The molecule has 0 aliphatic carbocycles. The van der Waals surface area contributed by atoms with Crippen LogP contribution in [-0.2, 0) is 26.9 Å². The Bertz CT molecular complexity index is 1350. The van der Waals surface area contributed by atoms with Crippen LogP contribution in [-0.4, -0.2) is 53.7 Å². The van der Waals surface area contributed by atoms with Gasteiger partial charge in [-0.25, -0.2) is 4.39 Å². The first-order valence-corrected chi connectivity index (χ1v) is 12.7. The molecule has 2 aromatic rings. The van der Waals surface area contributed by atoms with Crippen LogP contribution >= 0.6 is 12.2 Å². The quantitative estimate of drug-likeness (QED) is 0.372. The zero-order valence-electron chi connectivity index (χ0n) is 21.3. The molecule has 2 amide bonds. The van der Waals surface area contributed by atoms with E-state index >= 15 is 4.39 Å². The van der Waals surface area contributed by atoms with Gasteiger partial charge in [-0.15, -0.1) is 0 Å². The summed E-state index contributed by atoms with van der Waals surface area (Å²) in [7, 11) is 0. The molecule has 7 nitrogen and oxygen atoms in total. The number of thiocarbonyl (C=S) groups is 1. The molecule has 4 rings (SSSR count). The molecule has 2 aliphatic rings. The molecule has 0 spiro atoms. The van der Waals surface area contributed by atoms with Crippen LogP contribution in [0.15, 0.2) is 36.4 Å². The number of amides is 2. The second-order valence-electron chi connectivity index (χ2n) is 9.75. The number of carbonyl (C=O) groups excluding carboxylic acids is 2. The Morgan fingerprint density at radius 2 is 1.87 bits per heavy atom. The Labute approximate surface area is 228 Å². The average molecular weight is 563 g/mol. The van der Waals surface area contributed by atoms with Crippen molar-refractivity contribution in [3.8, 4) is 6.07 Å². The Hall–Kier alpha value is -3.56. The van der Waals surface area contributed by atoms with Crippen LogP contribution in [0.3, 0.4) is 0 Å². The molecule has 0 N–H and O–H groups in total. The molecule has 0 atom stereocenters. The number of hydrogen-bond donors (Lipinski definition) is 0. The summed E-state index contributed by atoms with van der Waals surface area (Å²) in [5, 5.41) is 8.99. The monoisotopic (exact) mass is 562 g/mol. The summed E-state index contributed by atoms with van der Waals surface area (Å²) in [6.45, 7) is 5.02. The zero-order chi connectivity index (χ0) is 28.5. The highest BCUT2D eigenvalue weighted by atomic mass is 32.1. The number of ether oxygens (including phenoxy) is 1. The molecule has 2 aliphatic heterocycles. The molecular weight excluding hydrogens is 536 g/mol. The predicted octanol–water partition coefficient (Wildman–Crippen LogP) is 4.81. The molecule has 2 heterocycles. The van der Waals surface area contributed by atoms with Crippen molar-refractivity contribution in [1.82, 2.24) is 4.90 Å². The number of anilines is 2.